The zero-order valence-electron chi connectivity index (χ0n) is 8.85. The molecular weight excluding hydrogens is 233 g/mol. The number of aromatic nitrogens is 1. The highest BCUT2D eigenvalue weighted by molar-refractivity contribution is 5.38. The van der Waals surface area contributed by atoms with Crippen molar-refractivity contribution in [2.24, 2.45) is 0 Å². The van der Waals surface area contributed by atoms with Crippen molar-refractivity contribution in [1.29, 1.82) is 0 Å². The minimum Gasteiger partial charge on any atom is -0.382 e. The molecule has 1 aromatic heterocycles. The number of hydrogen-bond acceptors (Lipinski definition) is 1. The van der Waals surface area contributed by atoms with Gasteiger partial charge in [-0.2, -0.15) is 13.2 Å². The third kappa shape index (κ3) is 1.59. The molecule has 0 saturated heterocycles. The van der Waals surface area contributed by atoms with E-state index in [2.05, 4.69) is 0 Å². The zero-order chi connectivity index (χ0) is 13.0. The molecule has 0 spiro atoms. The van der Waals surface area contributed by atoms with Gasteiger partial charge in [-0.05, 0) is 6.42 Å². The number of aliphatic hydroxyl groups excluding tert-OH is 1. The average Bonchev–Trinajstić information content (AvgIpc) is 2.50. The molecule has 0 bridgehead atoms. The van der Waals surface area contributed by atoms with Gasteiger partial charge in [0.15, 0.2) is 1.41 Å². The number of nitrogens with one attached hydrogen (secondary N) is 1. The predicted octanol–water partition coefficient (Wildman–Crippen LogP) is 2.65. The van der Waals surface area contributed by atoms with Crippen LogP contribution in [0.15, 0.2) is 6.20 Å². The lowest BCUT2D eigenvalue weighted by Gasteiger charge is -2.28. The molecule has 1 heterocycles. The normalized spacial score (nSPS) is 25.1. The van der Waals surface area contributed by atoms with E-state index in [1.54, 1.807) is 0 Å². The van der Waals surface area contributed by atoms with Crippen LogP contribution in [0.3, 0.4) is 0 Å². The van der Waals surface area contributed by atoms with Gasteiger partial charge in [0.1, 0.15) is 6.10 Å². The first-order valence-electron chi connectivity index (χ1n) is 4.96. The summed E-state index contributed by atoms with van der Waals surface area (Å²) >= 11 is 0. The van der Waals surface area contributed by atoms with E-state index in [0.29, 0.717) is 11.2 Å². The first-order valence-corrected chi connectivity index (χ1v) is 4.51. The fraction of sp³-hybridized carbons (Fsp3) is 0.556. The lowest BCUT2D eigenvalue weighted by molar-refractivity contribution is -0.147. The van der Waals surface area contributed by atoms with E-state index in [0.717, 1.165) is 0 Å². The summed E-state index contributed by atoms with van der Waals surface area (Å²) in [6.45, 7) is 0. The van der Waals surface area contributed by atoms with E-state index in [9.17, 15) is 27.1 Å². The van der Waals surface area contributed by atoms with Crippen LogP contribution >= 0.6 is 0 Å². The predicted molar refractivity (Wildman–Crippen MR) is 44.0 cm³/mol. The van der Waals surface area contributed by atoms with Crippen molar-refractivity contribution in [3.63, 3.8) is 0 Å². The monoisotopic (exact) mass is 242 g/mol. The van der Waals surface area contributed by atoms with Crippen LogP contribution in [0.4, 0.5) is 22.0 Å². The van der Waals surface area contributed by atoms with Gasteiger partial charge < -0.3 is 10.1 Å². The van der Waals surface area contributed by atoms with Crippen molar-refractivity contribution in [1.82, 2.24) is 4.98 Å². The van der Waals surface area contributed by atoms with E-state index in [1.807, 2.05) is 0 Å². The number of alkyl halides is 5. The van der Waals surface area contributed by atoms with E-state index in [4.69, 9.17) is 1.41 Å². The Morgan fingerprint density at radius 3 is 2.69 bits per heavy atom. The zero-order valence-corrected chi connectivity index (χ0v) is 7.85. The number of H-pyrrole nitrogens is 1. The molecule has 0 radical (unpaired) electrons. The van der Waals surface area contributed by atoms with Gasteiger partial charge in [0, 0.05) is 23.9 Å². The van der Waals surface area contributed by atoms with Gasteiger partial charge in [-0.25, -0.2) is 8.78 Å². The van der Waals surface area contributed by atoms with Gasteiger partial charge in [-0.15, -0.1) is 0 Å². The Kier molecular flexibility index (Phi) is 2.01. The largest absolute Gasteiger partial charge is 0.418 e. The molecule has 1 unspecified atom stereocenters. The summed E-state index contributed by atoms with van der Waals surface area (Å²) in [5.41, 5.74) is -2.45. The van der Waals surface area contributed by atoms with E-state index >= 15 is 0 Å². The van der Waals surface area contributed by atoms with E-state index in [1.165, 1.54) is 0 Å². The van der Waals surface area contributed by atoms with Crippen LogP contribution in [0.25, 0.3) is 0 Å². The third-order valence-corrected chi connectivity index (χ3v) is 2.62. The second-order valence-electron chi connectivity index (χ2n) is 3.69. The second kappa shape index (κ2) is 3.19. The number of rotatable bonds is 0. The minimum absolute atomic E-state index is 0.212. The van der Waals surface area contributed by atoms with E-state index < -0.39 is 35.8 Å². The standard InChI is InChI=1S/C9H8F5NO/c10-8(11)2-1-5-6(7(8)16)4(3-15-5)9(12,13)14/h3,7,15-16H,1-2H2/i/hD. The Balaban J connectivity index is 2.62. The molecule has 2 nitrogen and oxygen atoms in total. The maximum atomic E-state index is 13.2. The number of aromatic amines is 1. The highest BCUT2D eigenvalue weighted by Crippen LogP contribution is 2.46. The SMILES string of the molecule is [2H]n1cc(C(F)(F)F)c2c1CCC(F)(F)C2O. The van der Waals surface area contributed by atoms with Crippen molar-refractivity contribution in [3.8, 4) is 0 Å². The Hall–Kier alpha value is -1.11. The van der Waals surface area contributed by atoms with Gasteiger partial charge in [-0.3, -0.25) is 0 Å². The Labute approximate surface area is 88.5 Å². The van der Waals surface area contributed by atoms with Crippen LogP contribution in [-0.2, 0) is 12.6 Å². The number of fused-ring (bicyclic) bond motifs is 1. The third-order valence-electron chi connectivity index (χ3n) is 2.62. The molecule has 1 aliphatic rings. The lowest BCUT2D eigenvalue weighted by Crippen LogP contribution is -2.32. The summed E-state index contributed by atoms with van der Waals surface area (Å²) in [5.74, 6) is -3.59. The van der Waals surface area contributed by atoms with Crippen LogP contribution in [-0.4, -0.2) is 16.0 Å². The van der Waals surface area contributed by atoms with E-state index in [-0.39, 0.29) is 12.1 Å². The lowest BCUT2D eigenvalue weighted by atomic mass is 9.89. The highest BCUT2D eigenvalue weighted by Gasteiger charge is 2.49. The fourth-order valence-corrected chi connectivity index (χ4v) is 1.80. The van der Waals surface area contributed by atoms with Crippen LogP contribution in [0.5, 0.6) is 0 Å². The smallest absolute Gasteiger partial charge is 0.382 e. The van der Waals surface area contributed by atoms with Gasteiger partial charge in [0.05, 0.1) is 5.56 Å². The van der Waals surface area contributed by atoms with Crippen molar-refractivity contribution in [2.45, 2.75) is 31.0 Å². The molecule has 2 N–H and O–H groups in total. The number of hydrogen-bond donors (Lipinski definition) is 2. The van der Waals surface area contributed by atoms with Crippen molar-refractivity contribution in [2.75, 3.05) is 0 Å². The minimum atomic E-state index is -4.86. The first-order chi connectivity index (χ1) is 7.64. The van der Waals surface area contributed by atoms with Crippen LogP contribution < -0.4 is 0 Å². The molecule has 7 heteroatoms. The van der Waals surface area contributed by atoms with Crippen LogP contribution in [0.1, 0.15) is 29.3 Å². The Morgan fingerprint density at radius 1 is 1.50 bits per heavy atom. The summed E-state index contributed by atoms with van der Waals surface area (Å²) in [6.07, 6.45) is -8.07. The molecule has 1 atom stereocenters. The van der Waals surface area contributed by atoms with Crippen molar-refractivity contribution < 1.29 is 28.5 Å². The summed E-state index contributed by atoms with van der Waals surface area (Å²) in [5, 5.41) is 9.30. The first kappa shape index (κ1) is 10.1. The second-order valence-corrected chi connectivity index (χ2v) is 3.69. The molecule has 0 aliphatic heterocycles. The number of halogens is 5. The molecule has 90 valence electrons. The Morgan fingerprint density at radius 2 is 2.12 bits per heavy atom. The van der Waals surface area contributed by atoms with Gasteiger partial charge in [-0.1, -0.05) is 0 Å². The summed E-state index contributed by atoms with van der Waals surface area (Å²) < 4.78 is 71.2. The molecule has 0 fully saturated rings. The maximum Gasteiger partial charge on any atom is 0.418 e. The Bertz CT molecular complexity index is 453. The molecular formula is C9H8F5NO. The number of aliphatic hydroxyl groups is 1. The molecule has 0 aromatic carbocycles. The van der Waals surface area contributed by atoms with Crippen molar-refractivity contribution >= 4 is 0 Å². The maximum absolute atomic E-state index is 13.2. The summed E-state index contributed by atoms with van der Waals surface area (Å²) in [7, 11) is 0. The van der Waals surface area contributed by atoms with Crippen molar-refractivity contribution in [3.05, 3.63) is 23.0 Å². The van der Waals surface area contributed by atoms with Crippen LogP contribution in [0, 0.1) is 0 Å². The molecule has 0 saturated carbocycles. The molecule has 1 aliphatic carbocycles. The topological polar surface area (TPSA) is 36.0 Å². The van der Waals surface area contributed by atoms with Gasteiger partial charge in [0.2, 0.25) is 0 Å². The average molecular weight is 242 g/mol. The summed E-state index contributed by atoms with van der Waals surface area (Å²) in [6, 6.07) is 0. The highest BCUT2D eigenvalue weighted by atomic mass is 19.4. The van der Waals surface area contributed by atoms with Crippen LogP contribution in [0.2, 0.25) is 1.41 Å². The quantitative estimate of drug-likeness (QED) is 0.674. The summed E-state index contributed by atoms with van der Waals surface area (Å²) in [4.78, 5) is 0.399. The molecule has 0 amide bonds. The molecule has 2 rings (SSSR count). The molecule has 1 aromatic rings. The fourth-order valence-electron chi connectivity index (χ4n) is 1.80. The van der Waals surface area contributed by atoms with Gasteiger partial charge >= 0.3 is 6.18 Å². The van der Waals surface area contributed by atoms with Gasteiger partial charge in [0.25, 0.3) is 5.92 Å². The molecule has 16 heavy (non-hydrogen) atoms.